The quantitative estimate of drug-likeness (QED) is 0.286. The van der Waals surface area contributed by atoms with E-state index in [1.807, 2.05) is 59.3 Å². The van der Waals surface area contributed by atoms with Crippen LogP contribution < -0.4 is 10.6 Å². The molecule has 0 radical (unpaired) electrons. The molecule has 0 fully saturated rings. The first-order valence-electron chi connectivity index (χ1n) is 10.4. The van der Waals surface area contributed by atoms with Crippen molar-refractivity contribution in [3.63, 3.8) is 0 Å². The first-order valence-corrected chi connectivity index (χ1v) is 13.1. The molecule has 2 amide bonds. The molecular weight excluding hydrogens is 536 g/mol. The number of benzene rings is 2. The first kappa shape index (κ1) is 24.1. The Morgan fingerprint density at radius 2 is 1.85 bits per heavy atom. The highest BCUT2D eigenvalue weighted by molar-refractivity contribution is 9.10. The smallest absolute Gasteiger partial charge is 0.251 e. The Morgan fingerprint density at radius 3 is 2.59 bits per heavy atom. The van der Waals surface area contributed by atoms with Crippen LogP contribution in [-0.4, -0.2) is 37.3 Å². The molecule has 2 aromatic carbocycles. The van der Waals surface area contributed by atoms with E-state index in [-0.39, 0.29) is 24.1 Å². The molecule has 0 spiro atoms. The number of rotatable bonds is 9. The highest BCUT2D eigenvalue weighted by atomic mass is 79.9. The average molecular weight is 557 g/mol. The standard InChI is InChI=1S/C23H21BrN6O2S2/c1-2-30-19(12-25-21(32)16-6-4-3-5-7-16)28-29-23(30)34-14-20(31)27-22-26-18(13-33-22)15-8-10-17(24)11-9-15/h3-11,13H,2,12,14H2,1H3,(H,25,32)(H,26,27,31). The summed E-state index contributed by atoms with van der Waals surface area (Å²) < 4.78 is 2.89. The molecule has 2 heterocycles. The van der Waals surface area contributed by atoms with Crippen LogP contribution in [0.4, 0.5) is 5.13 Å². The van der Waals surface area contributed by atoms with Crippen LogP contribution in [-0.2, 0) is 17.9 Å². The largest absolute Gasteiger partial charge is 0.345 e. The molecule has 11 heteroatoms. The van der Waals surface area contributed by atoms with E-state index in [1.54, 1.807) is 12.1 Å². The Labute approximate surface area is 213 Å². The van der Waals surface area contributed by atoms with E-state index in [4.69, 9.17) is 0 Å². The minimum Gasteiger partial charge on any atom is -0.345 e. The normalized spacial score (nSPS) is 10.8. The molecule has 0 unspecified atom stereocenters. The number of carbonyl (C=O) groups excluding carboxylic acids is 2. The van der Waals surface area contributed by atoms with Crippen LogP contribution in [0.2, 0.25) is 0 Å². The summed E-state index contributed by atoms with van der Waals surface area (Å²) in [4.78, 5) is 29.3. The predicted octanol–water partition coefficient (Wildman–Crippen LogP) is 4.84. The number of hydrogen-bond acceptors (Lipinski definition) is 7. The molecule has 0 bridgehead atoms. The number of halogens is 1. The Morgan fingerprint density at radius 1 is 1.09 bits per heavy atom. The van der Waals surface area contributed by atoms with Gasteiger partial charge in [-0.05, 0) is 31.2 Å². The number of aromatic nitrogens is 4. The molecule has 0 aliphatic rings. The van der Waals surface area contributed by atoms with Crippen LogP contribution in [0.3, 0.4) is 0 Å². The lowest BCUT2D eigenvalue weighted by molar-refractivity contribution is -0.113. The van der Waals surface area contributed by atoms with Crippen molar-refractivity contribution in [2.45, 2.75) is 25.2 Å². The van der Waals surface area contributed by atoms with Crippen molar-refractivity contribution in [3.8, 4) is 11.3 Å². The summed E-state index contributed by atoms with van der Waals surface area (Å²) in [6, 6.07) is 16.8. The molecule has 0 saturated carbocycles. The molecule has 34 heavy (non-hydrogen) atoms. The van der Waals surface area contributed by atoms with Gasteiger partial charge in [0.1, 0.15) is 0 Å². The Hall–Kier alpha value is -3.02. The van der Waals surface area contributed by atoms with Crippen molar-refractivity contribution < 1.29 is 9.59 Å². The van der Waals surface area contributed by atoms with Gasteiger partial charge in [0.05, 0.1) is 18.0 Å². The third-order valence-electron chi connectivity index (χ3n) is 4.78. The van der Waals surface area contributed by atoms with E-state index in [2.05, 4.69) is 41.7 Å². The van der Waals surface area contributed by atoms with Crippen LogP contribution in [0.25, 0.3) is 11.3 Å². The number of amides is 2. The van der Waals surface area contributed by atoms with Crippen LogP contribution in [0, 0.1) is 0 Å². The number of anilines is 1. The van der Waals surface area contributed by atoms with E-state index in [0.29, 0.717) is 28.2 Å². The lowest BCUT2D eigenvalue weighted by Gasteiger charge is -2.08. The van der Waals surface area contributed by atoms with E-state index in [9.17, 15) is 9.59 Å². The molecule has 0 saturated heterocycles. The van der Waals surface area contributed by atoms with E-state index < -0.39 is 0 Å². The Kier molecular flexibility index (Phi) is 8.09. The molecule has 2 aromatic heterocycles. The third-order valence-corrected chi connectivity index (χ3v) is 7.03. The second kappa shape index (κ2) is 11.4. The maximum Gasteiger partial charge on any atom is 0.251 e. The maximum absolute atomic E-state index is 12.5. The zero-order chi connectivity index (χ0) is 23.9. The molecular formula is C23H21BrN6O2S2. The fourth-order valence-corrected chi connectivity index (χ4v) is 4.92. The molecule has 0 atom stereocenters. The van der Waals surface area contributed by atoms with Crippen LogP contribution in [0.1, 0.15) is 23.1 Å². The molecule has 0 aliphatic carbocycles. The van der Waals surface area contributed by atoms with Crippen LogP contribution >= 0.6 is 39.0 Å². The number of hydrogen-bond donors (Lipinski definition) is 2. The summed E-state index contributed by atoms with van der Waals surface area (Å²) in [5, 5.41) is 17.2. The van der Waals surface area contributed by atoms with E-state index in [1.165, 1.54) is 23.1 Å². The third kappa shape index (κ3) is 6.10. The summed E-state index contributed by atoms with van der Waals surface area (Å²) >= 11 is 6.09. The second-order valence-corrected chi connectivity index (χ2v) is 9.79. The van der Waals surface area contributed by atoms with E-state index in [0.717, 1.165) is 15.7 Å². The zero-order valence-corrected chi connectivity index (χ0v) is 21.4. The van der Waals surface area contributed by atoms with Crippen LogP contribution in [0.15, 0.2) is 69.6 Å². The molecule has 8 nitrogen and oxygen atoms in total. The SMILES string of the molecule is CCn1c(CNC(=O)c2ccccc2)nnc1SCC(=O)Nc1nc(-c2ccc(Br)cc2)cs1. The fraction of sp³-hybridized carbons (Fsp3) is 0.174. The van der Waals surface area contributed by atoms with Gasteiger partial charge in [-0.15, -0.1) is 21.5 Å². The topological polar surface area (TPSA) is 102 Å². The second-order valence-electron chi connectivity index (χ2n) is 7.07. The number of thiazole rings is 1. The van der Waals surface area contributed by atoms with Crippen molar-refractivity contribution in [1.82, 2.24) is 25.1 Å². The van der Waals surface area contributed by atoms with Crippen molar-refractivity contribution in [1.29, 1.82) is 0 Å². The molecule has 2 N–H and O–H groups in total. The van der Waals surface area contributed by atoms with Crippen LogP contribution in [0.5, 0.6) is 0 Å². The molecule has 0 aliphatic heterocycles. The van der Waals surface area contributed by atoms with Gasteiger partial charge in [0.25, 0.3) is 5.91 Å². The predicted molar refractivity (Wildman–Crippen MR) is 138 cm³/mol. The van der Waals surface area contributed by atoms with Gasteiger partial charge in [0, 0.05) is 27.5 Å². The van der Waals surface area contributed by atoms with Crippen molar-refractivity contribution in [2.24, 2.45) is 0 Å². The monoisotopic (exact) mass is 556 g/mol. The van der Waals surface area contributed by atoms with Gasteiger partial charge in [-0.25, -0.2) is 4.98 Å². The lowest BCUT2D eigenvalue weighted by atomic mass is 10.2. The number of thioether (sulfide) groups is 1. The molecule has 4 rings (SSSR count). The highest BCUT2D eigenvalue weighted by Gasteiger charge is 2.15. The Bertz CT molecular complexity index is 1270. The highest BCUT2D eigenvalue weighted by Crippen LogP contribution is 2.26. The number of nitrogens with one attached hydrogen (secondary N) is 2. The summed E-state index contributed by atoms with van der Waals surface area (Å²) in [5.74, 6) is 0.452. The first-order chi connectivity index (χ1) is 16.5. The van der Waals surface area contributed by atoms with Crippen molar-refractivity contribution >= 4 is 56.0 Å². The van der Waals surface area contributed by atoms with E-state index >= 15 is 0 Å². The fourth-order valence-electron chi connectivity index (χ4n) is 3.09. The Balaban J connectivity index is 1.31. The average Bonchev–Trinajstić information content (AvgIpc) is 3.48. The van der Waals surface area contributed by atoms with Gasteiger partial charge < -0.3 is 15.2 Å². The minimum absolute atomic E-state index is 0.168. The summed E-state index contributed by atoms with van der Waals surface area (Å²) in [5.41, 5.74) is 2.38. The van der Waals surface area contributed by atoms with Gasteiger partial charge in [-0.2, -0.15) is 0 Å². The summed E-state index contributed by atoms with van der Waals surface area (Å²) in [6.07, 6.45) is 0. The van der Waals surface area contributed by atoms with Gasteiger partial charge in [-0.1, -0.05) is 58.0 Å². The lowest BCUT2D eigenvalue weighted by Crippen LogP contribution is -2.24. The number of carbonyl (C=O) groups is 2. The molecule has 174 valence electrons. The van der Waals surface area contributed by atoms with Crippen molar-refractivity contribution in [3.05, 3.63) is 75.8 Å². The minimum atomic E-state index is -0.175. The maximum atomic E-state index is 12.5. The zero-order valence-electron chi connectivity index (χ0n) is 18.2. The van der Waals surface area contributed by atoms with Gasteiger partial charge in [0.2, 0.25) is 5.91 Å². The van der Waals surface area contributed by atoms with Gasteiger partial charge >= 0.3 is 0 Å². The summed E-state index contributed by atoms with van der Waals surface area (Å²) in [7, 11) is 0. The van der Waals surface area contributed by atoms with Crippen molar-refractivity contribution in [2.75, 3.05) is 11.1 Å². The van der Waals surface area contributed by atoms with Gasteiger partial charge in [0.15, 0.2) is 16.1 Å². The molecule has 4 aromatic rings. The van der Waals surface area contributed by atoms with Gasteiger partial charge in [-0.3, -0.25) is 9.59 Å². The number of nitrogens with zero attached hydrogens (tertiary/aromatic N) is 4. The summed E-state index contributed by atoms with van der Waals surface area (Å²) in [6.45, 7) is 2.84.